The van der Waals surface area contributed by atoms with E-state index >= 15 is 0 Å². The van der Waals surface area contributed by atoms with Crippen molar-refractivity contribution >= 4 is 22.5 Å². The highest BCUT2D eigenvalue weighted by Crippen LogP contribution is 2.29. The van der Waals surface area contributed by atoms with E-state index in [0.717, 1.165) is 5.06 Å². The molecule has 3 heteroatoms. The molecule has 3 aromatic rings. The molecule has 2 aromatic carbocycles. The molecule has 0 fully saturated rings. The van der Waals surface area contributed by atoms with Gasteiger partial charge in [0.1, 0.15) is 0 Å². The highest BCUT2D eigenvalue weighted by Gasteiger charge is 2.29. The minimum atomic E-state index is -0.370. The summed E-state index contributed by atoms with van der Waals surface area (Å²) in [4.78, 5) is 2.39. The van der Waals surface area contributed by atoms with Gasteiger partial charge >= 0.3 is 0 Å². The monoisotopic (exact) mass is 285 g/mol. The van der Waals surface area contributed by atoms with E-state index in [1.165, 1.54) is 9.79 Å². The zero-order chi connectivity index (χ0) is 12.9. The molecule has 0 saturated carbocycles. The van der Waals surface area contributed by atoms with E-state index < -0.39 is 0 Å². The molecule has 1 nitrogen and oxygen atoms in total. The van der Waals surface area contributed by atoms with Crippen LogP contribution in [0.3, 0.4) is 0 Å². The Morgan fingerprint density at radius 3 is 1.74 bits per heavy atom. The van der Waals surface area contributed by atoms with Gasteiger partial charge in [-0.15, -0.1) is 11.3 Å². The lowest BCUT2D eigenvalue weighted by Gasteiger charge is -2.05. The van der Waals surface area contributed by atoms with Gasteiger partial charge in [-0.2, -0.15) is 0 Å². The van der Waals surface area contributed by atoms with Crippen molar-refractivity contribution in [3.8, 4) is 5.06 Å². The Kier molecular flexibility index (Phi) is 3.86. The molecular formula is C16H13OS2+. The summed E-state index contributed by atoms with van der Waals surface area (Å²) in [7, 11) is 0. The average Bonchev–Trinajstić information content (AvgIpc) is 3.00. The van der Waals surface area contributed by atoms with E-state index in [9.17, 15) is 0 Å². The van der Waals surface area contributed by atoms with Crippen molar-refractivity contribution in [2.45, 2.75) is 9.79 Å². The van der Waals surface area contributed by atoms with Crippen LogP contribution in [0.1, 0.15) is 0 Å². The summed E-state index contributed by atoms with van der Waals surface area (Å²) in [6.45, 7) is 0. The first-order valence-corrected chi connectivity index (χ1v) is 8.03. The minimum absolute atomic E-state index is 0.370. The minimum Gasteiger partial charge on any atom is -0.263 e. The normalized spacial score (nSPS) is 10.6. The van der Waals surface area contributed by atoms with Crippen molar-refractivity contribution in [1.82, 2.24) is 0 Å². The van der Waals surface area contributed by atoms with Crippen molar-refractivity contribution in [3.63, 3.8) is 0 Å². The van der Waals surface area contributed by atoms with Crippen LogP contribution in [0.2, 0.25) is 0 Å². The molecule has 0 N–H and O–H groups in total. The van der Waals surface area contributed by atoms with Crippen molar-refractivity contribution in [1.29, 1.82) is 0 Å². The SMILES string of the molecule is c1ccc([S+](Oc2cccs2)c2ccccc2)cc1. The maximum absolute atomic E-state index is 6.17. The number of thiophene rings is 1. The van der Waals surface area contributed by atoms with Gasteiger partial charge in [-0.1, -0.05) is 36.4 Å². The molecule has 1 heterocycles. The fraction of sp³-hybridized carbons (Fsp3) is 0. The zero-order valence-electron chi connectivity index (χ0n) is 10.2. The molecule has 0 unspecified atom stereocenters. The van der Waals surface area contributed by atoms with Gasteiger partial charge < -0.3 is 0 Å². The third-order valence-corrected chi connectivity index (χ3v) is 5.17. The lowest BCUT2D eigenvalue weighted by Crippen LogP contribution is -2.10. The molecule has 0 aliphatic rings. The molecule has 0 saturated heterocycles. The second-order valence-corrected chi connectivity index (χ2v) is 6.47. The van der Waals surface area contributed by atoms with Crippen molar-refractivity contribution in [2.75, 3.05) is 0 Å². The van der Waals surface area contributed by atoms with E-state index in [1.54, 1.807) is 11.3 Å². The second-order valence-electron chi connectivity index (χ2n) is 3.91. The van der Waals surface area contributed by atoms with Gasteiger partial charge in [0.2, 0.25) is 14.9 Å². The molecular weight excluding hydrogens is 272 g/mol. The van der Waals surface area contributed by atoms with Gasteiger partial charge in [-0.3, -0.25) is 4.18 Å². The van der Waals surface area contributed by atoms with Crippen LogP contribution >= 0.6 is 11.3 Å². The van der Waals surface area contributed by atoms with Crippen LogP contribution in [-0.2, 0) is 11.2 Å². The van der Waals surface area contributed by atoms with Crippen LogP contribution in [0, 0.1) is 0 Å². The Bertz CT molecular complexity index is 566. The van der Waals surface area contributed by atoms with Crippen LogP contribution in [0.4, 0.5) is 0 Å². The standard InChI is InChI=1S/C16H13OS2/c1-3-8-14(9-4-1)19(15-10-5-2-6-11-15)17-16-12-7-13-18-16/h1-13H/q+1. The van der Waals surface area contributed by atoms with Crippen LogP contribution < -0.4 is 4.18 Å². The first kappa shape index (κ1) is 12.3. The maximum atomic E-state index is 6.17. The summed E-state index contributed by atoms with van der Waals surface area (Å²) in [6, 6.07) is 24.7. The number of hydrogen-bond acceptors (Lipinski definition) is 2. The lowest BCUT2D eigenvalue weighted by atomic mass is 10.4. The fourth-order valence-corrected chi connectivity index (χ4v) is 4.02. The van der Waals surface area contributed by atoms with E-state index in [-0.39, 0.29) is 11.2 Å². The van der Waals surface area contributed by atoms with Crippen molar-refractivity contribution < 1.29 is 4.18 Å². The zero-order valence-corrected chi connectivity index (χ0v) is 11.9. The van der Waals surface area contributed by atoms with Gasteiger partial charge in [-0.25, -0.2) is 0 Å². The van der Waals surface area contributed by atoms with E-state index in [1.807, 2.05) is 29.6 Å². The Balaban J connectivity index is 1.96. The van der Waals surface area contributed by atoms with Gasteiger partial charge in [0.25, 0.3) is 11.2 Å². The van der Waals surface area contributed by atoms with Crippen LogP contribution in [0.15, 0.2) is 88.0 Å². The summed E-state index contributed by atoms with van der Waals surface area (Å²) in [5.41, 5.74) is 0. The van der Waals surface area contributed by atoms with E-state index in [0.29, 0.717) is 0 Å². The Morgan fingerprint density at radius 1 is 0.684 bits per heavy atom. The Labute approximate surface area is 120 Å². The van der Waals surface area contributed by atoms with Crippen LogP contribution in [0.25, 0.3) is 0 Å². The molecule has 19 heavy (non-hydrogen) atoms. The largest absolute Gasteiger partial charge is 0.274 e. The summed E-state index contributed by atoms with van der Waals surface area (Å²) < 4.78 is 6.17. The van der Waals surface area contributed by atoms with Gasteiger partial charge in [0.05, 0.1) is 0 Å². The van der Waals surface area contributed by atoms with E-state index in [4.69, 9.17) is 4.18 Å². The molecule has 0 aliphatic heterocycles. The second kappa shape index (κ2) is 5.95. The number of benzene rings is 2. The van der Waals surface area contributed by atoms with Crippen LogP contribution in [-0.4, -0.2) is 0 Å². The highest BCUT2D eigenvalue weighted by molar-refractivity contribution is 7.93. The van der Waals surface area contributed by atoms with E-state index in [2.05, 4.69) is 48.5 Å². The van der Waals surface area contributed by atoms with Gasteiger partial charge in [-0.05, 0) is 41.8 Å². The summed E-state index contributed by atoms with van der Waals surface area (Å²) in [6.07, 6.45) is 0. The molecule has 0 atom stereocenters. The summed E-state index contributed by atoms with van der Waals surface area (Å²) in [5.74, 6) is 0. The fourth-order valence-electron chi connectivity index (χ4n) is 1.71. The smallest absolute Gasteiger partial charge is 0.263 e. The summed E-state index contributed by atoms with van der Waals surface area (Å²) >= 11 is 1.26. The third kappa shape index (κ3) is 3.00. The van der Waals surface area contributed by atoms with Crippen LogP contribution in [0.5, 0.6) is 5.06 Å². The molecule has 0 amide bonds. The summed E-state index contributed by atoms with van der Waals surface area (Å²) in [5, 5.41) is 2.99. The Hall–Kier alpha value is -1.71. The molecule has 3 rings (SSSR count). The first-order valence-electron chi connectivity index (χ1n) is 6.00. The predicted octanol–water partition coefficient (Wildman–Crippen LogP) is 4.78. The molecule has 94 valence electrons. The molecule has 0 spiro atoms. The number of hydrogen-bond donors (Lipinski definition) is 0. The quantitative estimate of drug-likeness (QED) is 0.627. The van der Waals surface area contributed by atoms with Crippen molar-refractivity contribution in [2.24, 2.45) is 0 Å². The third-order valence-electron chi connectivity index (χ3n) is 2.58. The average molecular weight is 285 g/mol. The molecule has 0 aliphatic carbocycles. The maximum Gasteiger partial charge on any atom is 0.274 e. The molecule has 0 radical (unpaired) electrons. The van der Waals surface area contributed by atoms with Crippen molar-refractivity contribution in [3.05, 3.63) is 78.2 Å². The highest BCUT2D eigenvalue weighted by atomic mass is 32.2. The lowest BCUT2D eigenvalue weighted by molar-refractivity contribution is 0.643. The topological polar surface area (TPSA) is 9.23 Å². The van der Waals surface area contributed by atoms with Gasteiger partial charge in [0.15, 0.2) is 0 Å². The van der Waals surface area contributed by atoms with Gasteiger partial charge in [0, 0.05) is 0 Å². The predicted molar refractivity (Wildman–Crippen MR) is 81.7 cm³/mol. The number of rotatable bonds is 4. The first-order chi connectivity index (χ1) is 9.43. The molecule has 0 bridgehead atoms. The Morgan fingerprint density at radius 2 is 1.26 bits per heavy atom. The molecule has 1 aromatic heterocycles.